The third kappa shape index (κ3) is 6.20. The van der Waals surface area contributed by atoms with Gasteiger partial charge in [-0.15, -0.1) is 0 Å². The van der Waals surface area contributed by atoms with Crippen LogP contribution in [-0.2, 0) is 4.79 Å². The number of nitrogens with one attached hydrogen (secondary N) is 1. The fourth-order valence-corrected chi connectivity index (χ4v) is 2.20. The van der Waals surface area contributed by atoms with Crippen molar-refractivity contribution in [1.29, 1.82) is 0 Å². The first-order valence-electron chi connectivity index (χ1n) is 6.68. The Kier molecular flexibility index (Phi) is 6.08. The van der Waals surface area contributed by atoms with Gasteiger partial charge in [0.15, 0.2) is 0 Å². The van der Waals surface area contributed by atoms with Gasteiger partial charge in [-0.2, -0.15) is 0 Å². The van der Waals surface area contributed by atoms with Crippen molar-refractivity contribution in [2.24, 2.45) is 11.8 Å². The smallest absolute Gasteiger partial charge is 0.303 e. The van der Waals surface area contributed by atoms with Crippen LogP contribution in [0.15, 0.2) is 18.2 Å². The van der Waals surface area contributed by atoms with Crippen molar-refractivity contribution in [3.05, 3.63) is 34.1 Å². The molecule has 0 amide bonds. The number of anilines is 1. The Labute approximate surface area is 122 Å². The third-order valence-electron chi connectivity index (χ3n) is 2.96. The highest BCUT2D eigenvalue weighted by Crippen LogP contribution is 2.22. The molecule has 1 atom stereocenters. The molecule has 7 heteroatoms. The van der Waals surface area contributed by atoms with E-state index in [0.717, 1.165) is 12.1 Å². The SMILES string of the molecule is CC(C)CC(CNc1cc(F)cc([N+](=O)[O-])c1)CC(=O)O. The molecule has 6 nitrogen and oxygen atoms in total. The number of carboxylic acid groups (broad SMARTS) is 1. The number of nitro groups is 1. The monoisotopic (exact) mass is 298 g/mol. The number of halogens is 1. The van der Waals surface area contributed by atoms with E-state index < -0.39 is 16.7 Å². The Morgan fingerprint density at radius 3 is 2.62 bits per heavy atom. The molecule has 0 fully saturated rings. The zero-order chi connectivity index (χ0) is 16.0. The van der Waals surface area contributed by atoms with Gasteiger partial charge >= 0.3 is 5.97 Å². The Hall–Kier alpha value is -2.18. The van der Waals surface area contributed by atoms with E-state index in [4.69, 9.17) is 5.11 Å². The summed E-state index contributed by atoms with van der Waals surface area (Å²) in [6.07, 6.45) is 0.708. The van der Waals surface area contributed by atoms with Gasteiger partial charge in [0.05, 0.1) is 11.0 Å². The average molecular weight is 298 g/mol. The summed E-state index contributed by atoms with van der Waals surface area (Å²) in [6, 6.07) is 3.23. The molecule has 0 aliphatic carbocycles. The Bertz CT molecular complexity index is 520. The van der Waals surface area contributed by atoms with Crippen LogP contribution in [0.25, 0.3) is 0 Å². The fraction of sp³-hybridized carbons (Fsp3) is 0.500. The van der Waals surface area contributed by atoms with Crippen molar-refractivity contribution in [2.45, 2.75) is 26.7 Å². The molecule has 0 heterocycles. The van der Waals surface area contributed by atoms with Crippen LogP contribution in [-0.4, -0.2) is 22.5 Å². The van der Waals surface area contributed by atoms with E-state index in [1.165, 1.54) is 6.07 Å². The van der Waals surface area contributed by atoms with E-state index in [1.54, 1.807) is 0 Å². The van der Waals surface area contributed by atoms with Gasteiger partial charge in [0.2, 0.25) is 0 Å². The predicted molar refractivity (Wildman–Crippen MR) is 76.7 cm³/mol. The number of non-ortho nitro benzene ring substituents is 1. The molecule has 1 rings (SSSR count). The van der Waals surface area contributed by atoms with E-state index in [-0.39, 0.29) is 23.7 Å². The molecule has 0 radical (unpaired) electrons. The van der Waals surface area contributed by atoms with Crippen LogP contribution in [0, 0.1) is 27.8 Å². The zero-order valence-electron chi connectivity index (χ0n) is 12.0. The van der Waals surface area contributed by atoms with Crippen molar-refractivity contribution in [3.63, 3.8) is 0 Å². The number of carbonyl (C=O) groups is 1. The van der Waals surface area contributed by atoms with Crippen LogP contribution in [0.4, 0.5) is 15.8 Å². The van der Waals surface area contributed by atoms with Gasteiger partial charge in [0.1, 0.15) is 5.82 Å². The molecule has 116 valence electrons. The first kappa shape index (κ1) is 16.9. The second kappa shape index (κ2) is 7.56. The second-order valence-corrected chi connectivity index (χ2v) is 5.43. The maximum Gasteiger partial charge on any atom is 0.303 e. The Morgan fingerprint density at radius 2 is 2.10 bits per heavy atom. The predicted octanol–water partition coefficient (Wildman–Crippen LogP) is 3.28. The van der Waals surface area contributed by atoms with Crippen LogP contribution in [0.5, 0.6) is 0 Å². The van der Waals surface area contributed by atoms with E-state index in [9.17, 15) is 19.3 Å². The summed E-state index contributed by atoms with van der Waals surface area (Å²) in [6.45, 7) is 4.30. The van der Waals surface area contributed by atoms with Crippen LogP contribution >= 0.6 is 0 Å². The van der Waals surface area contributed by atoms with Gasteiger partial charge in [-0.05, 0) is 24.3 Å². The molecular weight excluding hydrogens is 279 g/mol. The molecular formula is C14H19FN2O4. The molecule has 1 unspecified atom stereocenters. The molecule has 0 aliphatic heterocycles. The van der Waals surface area contributed by atoms with Crippen molar-refractivity contribution in [2.75, 3.05) is 11.9 Å². The summed E-state index contributed by atoms with van der Waals surface area (Å²) in [4.78, 5) is 20.8. The highest BCUT2D eigenvalue weighted by Gasteiger charge is 2.16. The summed E-state index contributed by atoms with van der Waals surface area (Å²) in [5, 5.41) is 22.4. The van der Waals surface area contributed by atoms with Crippen LogP contribution in [0.3, 0.4) is 0 Å². The summed E-state index contributed by atoms with van der Waals surface area (Å²) in [5.74, 6) is -1.39. The summed E-state index contributed by atoms with van der Waals surface area (Å²) >= 11 is 0. The Morgan fingerprint density at radius 1 is 1.43 bits per heavy atom. The second-order valence-electron chi connectivity index (χ2n) is 5.43. The molecule has 0 aromatic heterocycles. The van der Waals surface area contributed by atoms with Crippen molar-refractivity contribution >= 4 is 17.3 Å². The standard InChI is InChI=1S/C14H19FN2O4/c1-9(2)3-10(4-14(18)19)8-16-12-5-11(15)6-13(7-12)17(20)21/h5-7,9-10,16H,3-4,8H2,1-2H3,(H,18,19). The maximum atomic E-state index is 13.3. The van der Waals surface area contributed by atoms with Crippen molar-refractivity contribution in [1.82, 2.24) is 0 Å². The van der Waals surface area contributed by atoms with Gasteiger partial charge in [-0.3, -0.25) is 14.9 Å². The minimum Gasteiger partial charge on any atom is -0.481 e. The zero-order valence-corrected chi connectivity index (χ0v) is 12.0. The molecule has 0 aliphatic rings. The van der Waals surface area contributed by atoms with E-state index in [2.05, 4.69) is 5.32 Å². The van der Waals surface area contributed by atoms with Crippen LogP contribution in [0.1, 0.15) is 26.7 Å². The Balaban J connectivity index is 2.74. The number of nitro benzene ring substituents is 1. The first-order valence-corrected chi connectivity index (χ1v) is 6.68. The molecule has 1 aromatic rings. The highest BCUT2D eigenvalue weighted by molar-refractivity contribution is 5.67. The molecule has 0 saturated carbocycles. The molecule has 21 heavy (non-hydrogen) atoms. The molecule has 0 bridgehead atoms. The lowest BCUT2D eigenvalue weighted by molar-refractivity contribution is -0.385. The average Bonchev–Trinajstić information content (AvgIpc) is 2.34. The van der Waals surface area contributed by atoms with Crippen LogP contribution < -0.4 is 5.32 Å². The summed E-state index contributed by atoms with van der Waals surface area (Å²) in [7, 11) is 0. The lowest BCUT2D eigenvalue weighted by Gasteiger charge is -2.18. The van der Waals surface area contributed by atoms with Gasteiger partial charge in [-0.25, -0.2) is 4.39 Å². The topological polar surface area (TPSA) is 92.5 Å². The van der Waals surface area contributed by atoms with Gasteiger partial charge < -0.3 is 10.4 Å². The van der Waals surface area contributed by atoms with Crippen molar-refractivity contribution < 1.29 is 19.2 Å². The lowest BCUT2D eigenvalue weighted by atomic mass is 9.94. The number of hydrogen-bond donors (Lipinski definition) is 2. The largest absolute Gasteiger partial charge is 0.481 e. The van der Waals surface area contributed by atoms with Gasteiger partial charge in [0, 0.05) is 24.7 Å². The quantitative estimate of drug-likeness (QED) is 0.567. The summed E-state index contributed by atoms with van der Waals surface area (Å²) in [5.41, 5.74) is -0.0583. The van der Waals surface area contributed by atoms with E-state index >= 15 is 0 Å². The van der Waals surface area contributed by atoms with E-state index in [0.29, 0.717) is 18.9 Å². The fourth-order valence-electron chi connectivity index (χ4n) is 2.20. The number of rotatable bonds is 8. The number of carboxylic acids is 1. The summed E-state index contributed by atoms with van der Waals surface area (Å²) < 4.78 is 13.3. The number of nitrogens with zero attached hydrogens (tertiary/aromatic N) is 1. The molecule has 0 saturated heterocycles. The lowest BCUT2D eigenvalue weighted by Crippen LogP contribution is -2.19. The van der Waals surface area contributed by atoms with Gasteiger partial charge in [0.25, 0.3) is 5.69 Å². The highest BCUT2D eigenvalue weighted by atomic mass is 19.1. The number of benzene rings is 1. The normalized spacial score (nSPS) is 12.2. The van der Waals surface area contributed by atoms with E-state index in [1.807, 2.05) is 13.8 Å². The van der Waals surface area contributed by atoms with Crippen LogP contribution in [0.2, 0.25) is 0 Å². The third-order valence-corrected chi connectivity index (χ3v) is 2.96. The van der Waals surface area contributed by atoms with Crippen molar-refractivity contribution in [3.8, 4) is 0 Å². The number of hydrogen-bond acceptors (Lipinski definition) is 4. The minimum absolute atomic E-state index is 0.00257. The number of aliphatic carboxylic acids is 1. The van der Waals surface area contributed by atoms with Gasteiger partial charge in [-0.1, -0.05) is 13.8 Å². The maximum absolute atomic E-state index is 13.3. The molecule has 2 N–H and O–H groups in total. The minimum atomic E-state index is -0.896. The first-order chi connectivity index (χ1) is 9.77. The molecule has 1 aromatic carbocycles. The molecule has 0 spiro atoms.